The van der Waals surface area contributed by atoms with Crippen LogP contribution < -0.4 is 5.32 Å². The fraction of sp³-hybridized carbons (Fsp3) is 0.462. The Hall–Kier alpha value is -1.49. The highest BCUT2D eigenvalue weighted by atomic mass is 19.1. The summed E-state index contributed by atoms with van der Waals surface area (Å²) in [6.45, 7) is 2.24. The van der Waals surface area contributed by atoms with Crippen LogP contribution in [0.1, 0.15) is 31.4 Å². The van der Waals surface area contributed by atoms with E-state index in [9.17, 15) is 13.6 Å². The summed E-state index contributed by atoms with van der Waals surface area (Å²) in [5, 5.41) is 2.67. The zero-order chi connectivity index (χ0) is 13.1. The molecule has 0 aromatic heterocycles. The van der Waals surface area contributed by atoms with Gasteiger partial charge in [-0.1, -0.05) is 6.07 Å². The van der Waals surface area contributed by atoms with Gasteiger partial charge in [-0.2, -0.15) is 0 Å². The summed E-state index contributed by atoms with van der Waals surface area (Å²) in [5.74, 6) is -1.53. The molecule has 1 saturated heterocycles. The van der Waals surface area contributed by atoms with Gasteiger partial charge in [0.25, 0.3) is 0 Å². The number of hydrogen-bond acceptors (Lipinski definition) is 2. The van der Waals surface area contributed by atoms with E-state index in [0.717, 1.165) is 12.5 Å². The number of carbonyl (C=O) groups excluding carboxylic acids is 1. The normalized spacial score (nSPS) is 20.7. The topological polar surface area (TPSA) is 38.3 Å². The van der Waals surface area contributed by atoms with Gasteiger partial charge in [0.15, 0.2) is 0 Å². The molecule has 0 radical (unpaired) electrons. The zero-order valence-electron chi connectivity index (χ0n) is 10.1. The standard InChI is InChI=1S/C13H15F2NO2/c1-8(10-5-4-9(14)7-11(10)15)16-13(17)12-3-2-6-18-12/h4-5,7-8,12H,2-3,6H2,1H3,(H,16,17)/t8-,12-/m1/s1. The van der Waals surface area contributed by atoms with E-state index < -0.39 is 23.8 Å². The lowest BCUT2D eigenvalue weighted by atomic mass is 10.1. The second-order valence-corrected chi connectivity index (χ2v) is 4.40. The molecule has 1 aromatic rings. The molecule has 18 heavy (non-hydrogen) atoms. The average molecular weight is 255 g/mol. The molecule has 98 valence electrons. The number of benzene rings is 1. The van der Waals surface area contributed by atoms with Crippen molar-refractivity contribution in [3.63, 3.8) is 0 Å². The van der Waals surface area contributed by atoms with E-state index in [4.69, 9.17) is 4.74 Å². The minimum atomic E-state index is -0.657. The van der Waals surface area contributed by atoms with Gasteiger partial charge in [0.2, 0.25) is 5.91 Å². The minimum absolute atomic E-state index is 0.247. The molecule has 1 aromatic carbocycles. The Morgan fingerprint density at radius 3 is 2.89 bits per heavy atom. The molecule has 0 saturated carbocycles. The first-order chi connectivity index (χ1) is 8.58. The number of halogens is 2. The molecule has 0 spiro atoms. The molecule has 1 amide bonds. The molecular formula is C13H15F2NO2. The lowest BCUT2D eigenvalue weighted by molar-refractivity contribution is -0.130. The SMILES string of the molecule is C[C@@H](NC(=O)[C@H]1CCCO1)c1ccc(F)cc1F. The van der Waals surface area contributed by atoms with Crippen molar-refractivity contribution in [2.24, 2.45) is 0 Å². The molecule has 0 unspecified atom stereocenters. The van der Waals surface area contributed by atoms with Gasteiger partial charge in [0.05, 0.1) is 6.04 Å². The average Bonchev–Trinajstić information content (AvgIpc) is 2.81. The number of rotatable bonds is 3. The quantitative estimate of drug-likeness (QED) is 0.900. The third-order valence-corrected chi connectivity index (χ3v) is 3.01. The monoisotopic (exact) mass is 255 g/mol. The van der Waals surface area contributed by atoms with Crippen LogP contribution in [0.25, 0.3) is 0 Å². The van der Waals surface area contributed by atoms with Crippen LogP contribution in [0.5, 0.6) is 0 Å². The van der Waals surface area contributed by atoms with Crippen molar-refractivity contribution < 1.29 is 18.3 Å². The van der Waals surface area contributed by atoms with Crippen LogP contribution in [0.4, 0.5) is 8.78 Å². The van der Waals surface area contributed by atoms with Gasteiger partial charge in [-0.05, 0) is 25.8 Å². The zero-order valence-corrected chi connectivity index (χ0v) is 10.1. The van der Waals surface area contributed by atoms with Gasteiger partial charge in [-0.25, -0.2) is 8.78 Å². The summed E-state index contributed by atoms with van der Waals surface area (Å²) in [4.78, 5) is 11.8. The molecule has 1 aliphatic rings. The molecule has 0 bridgehead atoms. The van der Waals surface area contributed by atoms with E-state index in [1.165, 1.54) is 12.1 Å². The maximum atomic E-state index is 13.5. The fourth-order valence-corrected chi connectivity index (χ4v) is 2.02. The third-order valence-electron chi connectivity index (χ3n) is 3.01. The van der Waals surface area contributed by atoms with Crippen molar-refractivity contribution >= 4 is 5.91 Å². The van der Waals surface area contributed by atoms with Gasteiger partial charge in [-0.3, -0.25) is 4.79 Å². The molecule has 3 nitrogen and oxygen atoms in total. The van der Waals surface area contributed by atoms with Gasteiger partial charge in [0.1, 0.15) is 17.7 Å². The molecule has 2 rings (SSSR count). The van der Waals surface area contributed by atoms with Crippen LogP contribution in [-0.4, -0.2) is 18.6 Å². The Bertz CT molecular complexity index is 445. The van der Waals surface area contributed by atoms with Crippen LogP contribution in [0.15, 0.2) is 18.2 Å². The van der Waals surface area contributed by atoms with E-state index in [1.807, 2.05) is 0 Å². The molecule has 1 fully saturated rings. The van der Waals surface area contributed by atoms with Crippen LogP contribution in [-0.2, 0) is 9.53 Å². The van der Waals surface area contributed by atoms with Gasteiger partial charge >= 0.3 is 0 Å². The fourth-order valence-electron chi connectivity index (χ4n) is 2.02. The Labute approximate surface area is 104 Å². The number of hydrogen-bond donors (Lipinski definition) is 1. The van der Waals surface area contributed by atoms with Crippen molar-refractivity contribution in [3.8, 4) is 0 Å². The first-order valence-electron chi connectivity index (χ1n) is 5.95. The van der Waals surface area contributed by atoms with Crippen molar-refractivity contribution in [3.05, 3.63) is 35.4 Å². The molecule has 1 heterocycles. The molecule has 0 aliphatic carbocycles. The number of ether oxygens (including phenoxy) is 1. The van der Waals surface area contributed by atoms with E-state index >= 15 is 0 Å². The minimum Gasteiger partial charge on any atom is -0.368 e. The molecule has 1 aliphatic heterocycles. The van der Waals surface area contributed by atoms with Crippen LogP contribution in [0.2, 0.25) is 0 Å². The van der Waals surface area contributed by atoms with Crippen LogP contribution >= 0.6 is 0 Å². The van der Waals surface area contributed by atoms with Gasteiger partial charge < -0.3 is 10.1 Å². The number of carbonyl (C=O) groups is 1. The smallest absolute Gasteiger partial charge is 0.249 e. The summed E-state index contributed by atoms with van der Waals surface area (Å²) >= 11 is 0. The maximum Gasteiger partial charge on any atom is 0.249 e. The van der Waals surface area contributed by atoms with Crippen LogP contribution in [0, 0.1) is 11.6 Å². The predicted molar refractivity (Wildman–Crippen MR) is 61.9 cm³/mol. The van der Waals surface area contributed by atoms with Crippen molar-refractivity contribution in [2.75, 3.05) is 6.61 Å². The maximum absolute atomic E-state index is 13.5. The molecule has 5 heteroatoms. The highest BCUT2D eigenvalue weighted by molar-refractivity contribution is 5.81. The van der Waals surface area contributed by atoms with Crippen LogP contribution in [0.3, 0.4) is 0 Å². The van der Waals surface area contributed by atoms with E-state index in [1.54, 1.807) is 6.92 Å². The second kappa shape index (κ2) is 5.44. The lowest BCUT2D eigenvalue weighted by Crippen LogP contribution is -2.36. The first-order valence-corrected chi connectivity index (χ1v) is 5.95. The second-order valence-electron chi connectivity index (χ2n) is 4.40. The van der Waals surface area contributed by atoms with Gasteiger partial charge in [0, 0.05) is 18.2 Å². The summed E-state index contributed by atoms with van der Waals surface area (Å²) in [6, 6.07) is 2.81. The Morgan fingerprint density at radius 2 is 2.28 bits per heavy atom. The van der Waals surface area contributed by atoms with Crippen molar-refractivity contribution in [2.45, 2.75) is 31.9 Å². The Balaban J connectivity index is 2.02. The summed E-state index contributed by atoms with van der Waals surface area (Å²) in [7, 11) is 0. The highest BCUT2D eigenvalue weighted by Crippen LogP contribution is 2.19. The summed E-state index contributed by atoms with van der Waals surface area (Å²) < 4.78 is 31.5. The summed E-state index contributed by atoms with van der Waals surface area (Å²) in [6.07, 6.45) is 1.10. The van der Waals surface area contributed by atoms with E-state index in [0.29, 0.717) is 13.0 Å². The lowest BCUT2D eigenvalue weighted by Gasteiger charge is -2.17. The third kappa shape index (κ3) is 2.85. The Morgan fingerprint density at radius 1 is 1.50 bits per heavy atom. The highest BCUT2D eigenvalue weighted by Gasteiger charge is 2.25. The molecule has 2 atom stereocenters. The number of amides is 1. The predicted octanol–water partition coefficient (Wildman–Crippen LogP) is 2.32. The van der Waals surface area contributed by atoms with Crippen molar-refractivity contribution in [1.29, 1.82) is 0 Å². The van der Waals surface area contributed by atoms with E-state index in [-0.39, 0.29) is 11.5 Å². The van der Waals surface area contributed by atoms with Crippen molar-refractivity contribution in [1.82, 2.24) is 5.32 Å². The first kappa shape index (κ1) is 13.0. The van der Waals surface area contributed by atoms with E-state index in [2.05, 4.69) is 5.32 Å². The van der Waals surface area contributed by atoms with Gasteiger partial charge in [-0.15, -0.1) is 0 Å². The largest absolute Gasteiger partial charge is 0.368 e. The molecule has 1 N–H and O–H groups in total. The summed E-state index contributed by atoms with van der Waals surface area (Å²) in [5.41, 5.74) is 0.266. The molecular weight excluding hydrogens is 240 g/mol. The number of nitrogens with one attached hydrogen (secondary N) is 1. The Kier molecular flexibility index (Phi) is 3.91.